The molecule has 4 aromatic carbocycles. The zero-order chi connectivity index (χ0) is 18.5. The number of aromatic nitrogens is 1. The van der Waals surface area contributed by atoms with Gasteiger partial charge in [0.05, 0.1) is 11.2 Å². The van der Waals surface area contributed by atoms with Gasteiger partial charge in [-0.05, 0) is 28.7 Å². The fourth-order valence-electron chi connectivity index (χ4n) is 4.60. The quantitative estimate of drug-likeness (QED) is 0.324. The third-order valence-electron chi connectivity index (χ3n) is 5.87. The normalized spacial score (nSPS) is 12.1. The molecule has 5 aromatic rings. The van der Waals surface area contributed by atoms with Crippen LogP contribution in [0.5, 0.6) is 0 Å². The van der Waals surface area contributed by atoms with Gasteiger partial charge in [-0.1, -0.05) is 97.1 Å². The summed E-state index contributed by atoms with van der Waals surface area (Å²) in [4.78, 5) is 3.82. The Bertz CT molecular complexity index is 1330. The second-order valence-electron chi connectivity index (χ2n) is 7.46. The predicted octanol–water partition coefficient (Wildman–Crippen LogP) is 7.07. The van der Waals surface area contributed by atoms with E-state index in [9.17, 15) is 0 Å². The van der Waals surface area contributed by atoms with Crippen molar-refractivity contribution in [2.75, 3.05) is 0 Å². The van der Waals surface area contributed by atoms with Gasteiger partial charge in [0.1, 0.15) is 0 Å². The maximum atomic E-state index is 3.82. The molecule has 0 bridgehead atoms. The second kappa shape index (κ2) is 5.97. The summed E-state index contributed by atoms with van der Waals surface area (Å²) in [6.45, 7) is 0. The van der Waals surface area contributed by atoms with Crippen LogP contribution in [0.25, 0.3) is 44.4 Å². The molecule has 1 aliphatic carbocycles. The maximum Gasteiger partial charge on any atom is 0.0547 e. The third-order valence-corrected chi connectivity index (χ3v) is 5.87. The van der Waals surface area contributed by atoms with Gasteiger partial charge in [0, 0.05) is 22.1 Å². The van der Waals surface area contributed by atoms with E-state index in [-0.39, 0.29) is 0 Å². The van der Waals surface area contributed by atoms with E-state index in [1.165, 1.54) is 55.5 Å². The first-order valence-corrected chi connectivity index (χ1v) is 9.77. The number of aromatic amines is 1. The monoisotopic (exact) mass is 357 g/mol. The lowest BCUT2D eigenvalue weighted by Gasteiger charge is -2.08. The van der Waals surface area contributed by atoms with Crippen molar-refractivity contribution < 1.29 is 0 Å². The Hall–Kier alpha value is -3.58. The van der Waals surface area contributed by atoms with Crippen molar-refractivity contribution in [1.29, 1.82) is 0 Å². The highest BCUT2D eigenvalue weighted by atomic mass is 14.7. The minimum atomic E-state index is 0.967. The van der Waals surface area contributed by atoms with Gasteiger partial charge >= 0.3 is 0 Å². The molecule has 1 heterocycles. The van der Waals surface area contributed by atoms with Crippen molar-refractivity contribution >= 4 is 10.9 Å². The molecule has 0 atom stereocenters. The zero-order valence-corrected chi connectivity index (χ0v) is 15.4. The van der Waals surface area contributed by atoms with Gasteiger partial charge in [-0.15, -0.1) is 0 Å². The molecule has 0 spiro atoms. The molecular weight excluding hydrogens is 338 g/mol. The van der Waals surface area contributed by atoms with E-state index in [1.807, 2.05) is 0 Å². The average molecular weight is 357 g/mol. The highest BCUT2D eigenvalue weighted by Gasteiger charge is 2.23. The Morgan fingerprint density at radius 2 is 1.18 bits per heavy atom. The molecular formula is C27H19N. The van der Waals surface area contributed by atoms with Gasteiger partial charge in [-0.25, -0.2) is 0 Å². The molecule has 0 radical (unpaired) electrons. The van der Waals surface area contributed by atoms with Crippen molar-refractivity contribution in [2.45, 2.75) is 6.42 Å². The van der Waals surface area contributed by atoms with E-state index in [0.717, 1.165) is 6.42 Å². The van der Waals surface area contributed by atoms with E-state index in [0.29, 0.717) is 0 Å². The first-order valence-electron chi connectivity index (χ1n) is 9.77. The van der Waals surface area contributed by atoms with E-state index >= 15 is 0 Å². The molecule has 1 heteroatoms. The minimum Gasteiger partial charge on any atom is -0.353 e. The van der Waals surface area contributed by atoms with Crippen LogP contribution in [0.3, 0.4) is 0 Å². The van der Waals surface area contributed by atoms with Crippen LogP contribution in [0.2, 0.25) is 0 Å². The summed E-state index contributed by atoms with van der Waals surface area (Å²) in [5.74, 6) is 0. The summed E-state index contributed by atoms with van der Waals surface area (Å²) in [5, 5.41) is 1.29. The Kier molecular flexibility index (Phi) is 3.30. The molecule has 0 saturated carbocycles. The predicted molar refractivity (Wildman–Crippen MR) is 117 cm³/mol. The maximum absolute atomic E-state index is 3.82. The van der Waals surface area contributed by atoms with Gasteiger partial charge < -0.3 is 4.98 Å². The molecule has 0 fully saturated rings. The fraction of sp³-hybridized carbons (Fsp3) is 0.0370. The van der Waals surface area contributed by atoms with Crippen LogP contribution in [0, 0.1) is 0 Å². The largest absolute Gasteiger partial charge is 0.353 e. The zero-order valence-electron chi connectivity index (χ0n) is 15.4. The number of fused-ring (bicyclic) bond motifs is 7. The molecule has 0 saturated heterocycles. The fourth-order valence-corrected chi connectivity index (χ4v) is 4.60. The number of hydrogen-bond donors (Lipinski definition) is 1. The molecule has 0 amide bonds. The van der Waals surface area contributed by atoms with Crippen LogP contribution < -0.4 is 0 Å². The standard InChI is InChI=1S/C27H19N/c1-2-9-18(10-3-1)22-15-8-16-24-25-21-13-6-4-11-19(21)17-20-12-5-7-14-23(20)27(25)28-26(22)24/h1-16,28H,17H2. The smallest absolute Gasteiger partial charge is 0.0547 e. The topological polar surface area (TPSA) is 15.8 Å². The molecule has 1 aromatic heterocycles. The van der Waals surface area contributed by atoms with E-state index in [2.05, 4.69) is 102 Å². The number of para-hydroxylation sites is 1. The number of hydrogen-bond acceptors (Lipinski definition) is 0. The lowest BCUT2D eigenvalue weighted by atomic mass is 9.95. The first-order chi connectivity index (χ1) is 13.9. The molecule has 1 aliphatic rings. The summed E-state index contributed by atoms with van der Waals surface area (Å²) < 4.78 is 0. The SMILES string of the molecule is c1ccc(-c2cccc3c4c([nH]c23)-c2ccccc2Cc2ccccc2-4)cc1. The highest BCUT2D eigenvalue weighted by Crippen LogP contribution is 2.45. The first kappa shape index (κ1) is 15.5. The number of nitrogens with one attached hydrogen (secondary N) is 1. The van der Waals surface area contributed by atoms with Crippen molar-refractivity contribution in [2.24, 2.45) is 0 Å². The summed E-state index contributed by atoms with van der Waals surface area (Å²) in [5.41, 5.74) is 11.7. The second-order valence-corrected chi connectivity index (χ2v) is 7.46. The van der Waals surface area contributed by atoms with Crippen LogP contribution in [0.15, 0.2) is 97.1 Å². The third kappa shape index (κ3) is 2.20. The lowest BCUT2D eigenvalue weighted by Crippen LogP contribution is -1.90. The molecule has 0 unspecified atom stereocenters. The van der Waals surface area contributed by atoms with Crippen molar-refractivity contribution in [1.82, 2.24) is 4.98 Å². The van der Waals surface area contributed by atoms with E-state index in [1.54, 1.807) is 0 Å². The number of H-pyrrole nitrogens is 1. The Morgan fingerprint density at radius 1 is 0.536 bits per heavy atom. The Balaban J connectivity index is 1.76. The van der Waals surface area contributed by atoms with Crippen LogP contribution in [0.4, 0.5) is 0 Å². The number of benzene rings is 4. The molecule has 6 rings (SSSR count). The van der Waals surface area contributed by atoms with Crippen LogP contribution in [-0.4, -0.2) is 4.98 Å². The van der Waals surface area contributed by atoms with Crippen molar-refractivity contribution in [3.05, 3.63) is 108 Å². The van der Waals surface area contributed by atoms with E-state index in [4.69, 9.17) is 0 Å². The van der Waals surface area contributed by atoms with Crippen molar-refractivity contribution in [3.63, 3.8) is 0 Å². The Labute approximate surface area is 164 Å². The molecule has 28 heavy (non-hydrogen) atoms. The van der Waals surface area contributed by atoms with Gasteiger partial charge in [0.15, 0.2) is 0 Å². The molecule has 1 N–H and O–H groups in total. The number of rotatable bonds is 1. The molecule has 1 nitrogen and oxygen atoms in total. The summed E-state index contributed by atoms with van der Waals surface area (Å²) in [6.07, 6.45) is 0.967. The van der Waals surface area contributed by atoms with Gasteiger partial charge in [0.2, 0.25) is 0 Å². The van der Waals surface area contributed by atoms with Crippen LogP contribution >= 0.6 is 0 Å². The van der Waals surface area contributed by atoms with E-state index < -0.39 is 0 Å². The lowest BCUT2D eigenvalue weighted by molar-refractivity contribution is 1.21. The molecule has 0 aliphatic heterocycles. The summed E-state index contributed by atoms with van der Waals surface area (Å²) >= 11 is 0. The average Bonchev–Trinajstić information content (AvgIpc) is 3.08. The Morgan fingerprint density at radius 3 is 2.00 bits per heavy atom. The van der Waals surface area contributed by atoms with Gasteiger partial charge in [0.25, 0.3) is 0 Å². The molecule has 132 valence electrons. The summed E-state index contributed by atoms with van der Waals surface area (Å²) in [7, 11) is 0. The minimum absolute atomic E-state index is 0.967. The highest BCUT2D eigenvalue weighted by molar-refractivity contribution is 6.10. The van der Waals surface area contributed by atoms with Crippen molar-refractivity contribution in [3.8, 4) is 33.5 Å². The van der Waals surface area contributed by atoms with Crippen LogP contribution in [-0.2, 0) is 6.42 Å². The van der Waals surface area contributed by atoms with Gasteiger partial charge in [-0.3, -0.25) is 0 Å². The van der Waals surface area contributed by atoms with Gasteiger partial charge in [-0.2, -0.15) is 0 Å². The van der Waals surface area contributed by atoms with Crippen LogP contribution in [0.1, 0.15) is 11.1 Å². The summed E-state index contributed by atoms with van der Waals surface area (Å²) in [6, 6.07) is 34.9.